The first-order chi connectivity index (χ1) is 12.6. The summed E-state index contributed by atoms with van der Waals surface area (Å²) in [7, 11) is 0. The van der Waals surface area contributed by atoms with Gasteiger partial charge in [-0.3, -0.25) is 9.69 Å². The molecule has 6 heteroatoms. The van der Waals surface area contributed by atoms with Gasteiger partial charge >= 0.3 is 0 Å². The molecule has 3 rings (SSSR count). The molecular formula is C20H22F2N2O2. The number of amides is 1. The van der Waals surface area contributed by atoms with Gasteiger partial charge in [-0.1, -0.05) is 30.3 Å². The molecule has 0 bridgehead atoms. The maximum absolute atomic E-state index is 14.1. The van der Waals surface area contributed by atoms with Crippen LogP contribution in [0.2, 0.25) is 0 Å². The number of hydrogen-bond acceptors (Lipinski definition) is 3. The highest BCUT2D eigenvalue weighted by molar-refractivity contribution is 5.94. The Balaban J connectivity index is 1.77. The molecule has 1 heterocycles. The summed E-state index contributed by atoms with van der Waals surface area (Å²) in [6.45, 7) is 4.04. The highest BCUT2D eigenvalue weighted by atomic mass is 19.1. The van der Waals surface area contributed by atoms with Gasteiger partial charge in [0.2, 0.25) is 0 Å². The smallest absolute Gasteiger partial charge is 0.257 e. The van der Waals surface area contributed by atoms with Crippen LogP contribution in [0, 0.1) is 11.6 Å². The van der Waals surface area contributed by atoms with Crippen LogP contribution in [0.15, 0.2) is 48.5 Å². The second-order valence-electron chi connectivity index (χ2n) is 6.25. The average molecular weight is 360 g/mol. The van der Waals surface area contributed by atoms with Crippen molar-refractivity contribution in [2.75, 3.05) is 39.4 Å². The molecule has 2 aromatic rings. The zero-order valence-corrected chi connectivity index (χ0v) is 14.5. The standard InChI is InChI=1S/C20H22F2N2O2/c21-18-7-3-1-5-16(18)15-24(10-9-23-11-13-26-14-12-23)20(25)17-6-2-4-8-19(17)22/h1-8H,9-15H2. The first kappa shape index (κ1) is 18.5. The van der Waals surface area contributed by atoms with Gasteiger partial charge < -0.3 is 9.64 Å². The molecule has 0 saturated carbocycles. The molecule has 1 fully saturated rings. The Morgan fingerprint density at radius 2 is 1.65 bits per heavy atom. The number of morpholine rings is 1. The third kappa shape index (κ3) is 4.65. The zero-order chi connectivity index (χ0) is 18.4. The van der Waals surface area contributed by atoms with Crippen molar-refractivity contribution in [3.05, 3.63) is 71.3 Å². The lowest BCUT2D eigenvalue weighted by Crippen LogP contribution is -2.43. The van der Waals surface area contributed by atoms with E-state index in [0.29, 0.717) is 31.9 Å². The molecule has 0 atom stereocenters. The van der Waals surface area contributed by atoms with E-state index in [4.69, 9.17) is 4.74 Å². The molecule has 26 heavy (non-hydrogen) atoms. The summed E-state index contributed by atoms with van der Waals surface area (Å²) in [6.07, 6.45) is 0. The fraction of sp³-hybridized carbons (Fsp3) is 0.350. The molecule has 4 nitrogen and oxygen atoms in total. The number of carbonyl (C=O) groups is 1. The van der Waals surface area contributed by atoms with Crippen molar-refractivity contribution in [2.24, 2.45) is 0 Å². The Morgan fingerprint density at radius 1 is 1.00 bits per heavy atom. The van der Waals surface area contributed by atoms with Gasteiger partial charge in [-0.05, 0) is 18.2 Å². The summed E-state index contributed by atoms with van der Waals surface area (Å²) in [6, 6.07) is 12.2. The first-order valence-electron chi connectivity index (χ1n) is 8.72. The summed E-state index contributed by atoms with van der Waals surface area (Å²) in [5.41, 5.74) is 0.421. The van der Waals surface area contributed by atoms with Crippen LogP contribution in [0.4, 0.5) is 8.78 Å². The van der Waals surface area contributed by atoms with Crippen LogP contribution in [-0.2, 0) is 11.3 Å². The second-order valence-corrected chi connectivity index (χ2v) is 6.25. The van der Waals surface area contributed by atoms with E-state index in [1.54, 1.807) is 30.3 Å². The van der Waals surface area contributed by atoms with Crippen LogP contribution in [0.3, 0.4) is 0 Å². The Bertz CT molecular complexity index is 748. The van der Waals surface area contributed by atoms with Gasteiger partial charge in [0.1, 0.15) is 11.6 Å². The summed E-state index contributed by atoms with van der Waals surface area (Å²) in [5, 5.41) is 0. The summed E-state index contributed by atoms with van der Waals surface area (Å²) in [4.78, 5) is 16.6. The van der Waals surface area contributed by atoms with E-state index in [-0.39, 0.29) is 17.9 Å². The van der Waals surface area contributed by atoms with E-state index in [2.05, 4.69) is 4.90 Å². The van der Waals surface area contributed by atoms with Crippen LogP contribution in [0.5, 0.6) is 0 Å². The van der Waals surface area contributed by atoms with Gasteiger partial charge in [-0.15, -0.1) is 0 Å². The molecule has 1 amide bonds. The van der Waals surface area contributed by atoms with Gasteiger partial charge in [-0.2, -0.15) is 0 Å². The molecule has 0 spiro atoms. The molecule has 0 unspecified atom stereocenters. The Kier molecular flexibility index (Phi) is 6.30. The number of hydrogen-bond donors (Lipinski definition) is 0. The average Bonchev–Trinajstić information content (AvgIpc) is 2.67. The van der Waals surface area contributed by atoms with Gasteiger partial charge in [0.25, 0.3) is 5.91 Å². The van der Waals surface area contributed by atoms with Crippen LogP contribution in [0.25, 0.3) is 0 Å². The predicted molar refractivity (Wildman–Crippen MR) is 94.8 cm³/mol. The van der Waals surface area contributed by atoms with Crippen molar-refractivity contribution in [1.29, 1.82) is 0 Å². The Hall–Kier alpha value is -2.31. The van der Waals surface area contributed by atoms with Crippen LogP contribution in [0.1, 0.15) is 15.9 Å². The van der Waals surface area contributed by atoms with E-state index >= 15 is 0 Å². The maximum atomic E-state index is 14.1. The summed E-state index contributed by atoms with van der Waals surface area (Å²) in [5.74, 6) is -1.37. The molecule has 0 N–H and O–H groups in total. The number of nitrogens with zero attached hydrogens (tertiary/aromatic N) is 2. The normalized spacial score (nSPS) is 15.0. The largest absolute Gasteiger partial charge is 0.379 e. The third-order valence-corrected chi connectivity index (χ3v) is 4.50. The van der Waals surface area contributed by atoms with E-state index in [1.807, 2.05) is 0 Å². The highest BCUT2D eigenvalue weighted by Crippen LogP contribution is 2.15. The molecule has 2 aromatic carbocycles. The molecule has 1 saturated heterocycles. The van der Waals surface area contributed by atoms with E-state index in [9.17, 15) is 13.6 Å². The van der Waals surface area contributed by atoms with Crippen molar-refractivity contribution >= 4 is 5.91 Å². The number of halogens is 2. The highest BCUT2D eigenvalue weighted by Gasteiger charge is 2.21. The van der Waals surface area contributed by atoms with E-state index in [1.165, 1.54) is 23.1 Å². The van der Waals surface area contributed by atoms with Crippen molar-refractivity contribution in [2.45, 2.75) is 6.54 Å². The van der Waals surface area contributed by atoms with Crippen LogP contribution < -0.4 is 0 Å². The van der Waals surface area contributed by atoms with Crippen LogP contribution >= 0.6 is 0 Å². The van der Waals surface area contributed by atoms with Crippen molar-refractivity contribution < 1.29 is 18.3 Å². The molecule has 0 aliphatic carbocycles. The lowest BCUT2D eigenvalue weighted by Gasteiger charge is -2.30. The maximum Gasteiger partial charge on any atom is 0.257 e. The predicted octanol–water partition coefficient (Wildman–Crippen LogP) is 2.94. The zero-order valence-electron chi connectivity index (χ0n) is 14.5. The number of benzene rings is 2. The molecule has 138 valence electrons. The van der Waals surface area contributed by atoms with Crippen molar-refractivity contribution in [1.82, 2.24) is 9.80 Å². The molecule has 1 aliphatic heterocycles. The molecular weight excluding hydrogens is 338 g/mol. The van der Waals surface area contributed by atoms with Gasteiger partial charge in [0.05, 0.1) is 18.8 Å². The fourth-order valence-electron chi connectivity index (χ4n) is 2.98. The quantitative estimate of drug-likeness (QED) is 0.794. The number of ether oxygens (including phenoxy) is 1. The van der Waals surface area contributed by atoms with Crippen molar-refractivity contribution in [3.8, 4) is 0 Å². The van der Waals surface area contributed by atoms with Crippen LogP contribution in [-0.4, -0.2) is 55.1 Å². The second kappa shape index (κ2) is 8.87. The lowest BCUT2D eigenvalue weighted by atomic mass is 10.1. The lowest BCUT2D eigenvalue weighted by molar-refractivity contribution is 0.0319. The third-order valence-electron chi connectivity index (χ3n) is 4.50. The monoisotopic (exact) mass is 360 g/mol. The summed E-state index contributed by atoms with van der Waals surface area (Å²) < 4.78 is 33.4. The summed E-state index contributed by atoms with van der Waals surface area (Å²) >= 11 is 0. The first-order valence-corrected chi connectivity index (χ1v) is 8.72. The minimum Gasteiger partial charge on any atom is -0.379 e. The van der Waals surface area contributed by atoms with Gasteiger partial charge in [0, 0.05) is 38.3 Å². The van der Waals surface area contributed by atoms with Gasteiger partial charge in [-0.25, -0.2) is 8.78 Å². The number of carbonyl (C=O) groups excluding carboxylic acids is 1. The Morgan fingerprint density at radius 3 is 2.35 bits per heavy atom. The van der Waals surface area contributed by atoms with Gasteiger partial charge in [0.15, 0.2) is 0 Å². The minimum absolute atomic E-state index is 0.00539. The van der Waals surface area contributed by atoms with E-state index in [0.717, 1.165) is 13.1 Å². The Labute approximate surface area is 152 Å². The van der Waals surface area contributed by atoms with Crippen molar-refractivity contribution in [3.63, 3.8) is 0 Å². The molecule has 0 radical (unpaired) electrons. The van der Waals surface area contributed by atoms with E-state index < -0.39 is 11.7 Å². The topological polar surface area (TPSA) is 32.8 Å². The molecule has 1 aliphatic rings. The minimum atomic E-state index is -0.567. The number of rotatable bonds is 6. The SMILES string of the molecule is O=C(c1ccccc1F)N(CCN1CCOCC1)Cc1ccccc1F. The molecule has 0 aromatic heterocycles. The fourth-order valence-corrected chi connectivity index (χ4v) is 2.98.